The Kier molecular flexibility index (Phi) is 1.04. The van der Waals surface area contributed by atoms with E-state index in [2.05, 4.69) is 17.3 Å². The third-order valence-corrected chi connectivity index (χ3v) is 1.89. The molecule has 2 atom stereocenters. The summed E-state index contributed by atoms with van der Waals surface area (Å²) in [5, 5.41) is 3.74. The molecule has 2 heteroatoms. The molecule has 2 aliphatic rings. The van der Waals surface area contributed by atoms with E-state index >= 15 is 0 Å². The van der Waals surface area contributed by atoms with Gasteiger partial charge in [-0.05, 0) is 18.9 Å². The monoisotopic (exact) mass is 123 g/mol. The van der Waals surface area contributed by atoms with Crippen LogP contribution in [0.2, 0.25) is 0 Å². The first-order valence-corrected chi connectivity index (χ1v) is 3.31. The molecule has 0 N–H and O–H groups in total. The second-order valence-corrected chi connectivity index (χ2v) is 2.52. The Labute approximate surface area is 54.2 Å². The molecule has 0 radical (unpaired) electrons. The van der Waals surface area contributed by atoms with Crippen LogP contribution >= 0.6 is 0 Å². The fourth-order valence-electron chi connectivity index (χ4n) is 1.32. The summed E-state index contributed by atoms with van der Waals surface area (Å²) in [6, 6.07) is 0. The molecule has 0 amide bonds. The first-order valence-electron chi connectivity index (χ1n) is 3.31. The third-order valence-electron chi connectivity index (χ3n) is 1.89. The largest absolute Gasteiger partial charge is 0.388 e. The average Bonchev–Trinajstić information content (AvgIpc) is 2.33. The lowest BCUT2D eigenvalue weighted by molar-refractivity contribution is 0.0488. The topological polar surface area (TPSA) is 21.6 Å². The summed E-state index contributed by atoms with van der Waals surface area (Å²) in [5.74, 6) is 0.683. The van der Waals surface area contributed by atoms with Crippen molar-refractivity contribution in [2.45, 2.75) is 18.9 Å². The van der Waals surface area contributed by atoms with Crippen molar-refractivity contribution in [2.75, 3.05) is 0 Å². The van der Waals surface area contributed by atoms with Crippen molar-refractivity contribution in [3.63, 3.8) is 0 Å². The van der Waals surface area contributed by atoms with Gasteiger partial charge in [-0.1, -0.05) is 11.2 Å². The van der Waals surface area contributed by atoms with E-state index in [1.807, 2.05) is 6.21 Å². The minimum Gasteiger partial charge on any atom is -0.388 e. The fourth-order valence-corrected chi connectivity index (χ4v) is 1.32. The van der Waals surface area contributed by atoms with Gasteiger partial charge in [-0.25, -0.2) is 0 Å². The van der Waals surface area contributed by atoms with Gasteiger partial charge >= 0.3 is 0 Å². The van der Waals surface area contributed by atoms with Gasteiger partial charge in [0.05, 0.1) is 0 Å². The molecule has 2 rings (SSSR count). The molecule has 0 aromatic rings. The van der Waals surface area contributed by atoms with E-state index in [4.69, 9.17) is 4.84 Å². The van der Waals surface area contributed by atoms with Crippen molar-refractivity contribution in [3.05, 3.63) is 12.2 Å². The van der Waals surface area contributed by atoms with E-state index in [9.17, 15) is 0 Å². The minimum absolute atomic E-state index is 0.287. The molecule has 0 bridgehead atoms. The van der Waals surface area contributed by atoms with Crippen LogP contribution in [0.25, 0.3) is 0 Å². The summed E-state index contributed by atoms with van der Waals surface area (Å²) in [5.41, 5.74) is 0. The molecule has 0 fully saturated rings. The second-order valence-electron chi connectivity index (χ2n) is 2.52. The maximum Gasteiger partial charge on any atom is 0.149 e. The molecule has 0 saturated heterocycles. The van der Waals surface area contributed by atoms with Crippen molar-refractivity contribution in [3.8, 4) is 0 Å². The number of nitrogens with zero attached hydrogens (tertiary/aromatic N) is 1. The highest BCUT2D eigenvalue weighted by atomic mass is 16.6. The van der Waals surface area contributed by atoms with Gasteiger partial charge < -0.3 is 4.84 Å². The summed E-state index contributed by atoms with van der Waals surface area (Å²) >= 11 is 0. The van der Waals surface area contributed by atoms with E-state index < -0.39 is 0 Å². The number of oxime groups is 1. The Morgan fingerprint density at radius 2 is 2.44 bits per heavy atom. The molecule has 9 heavy (non-hydrogen) atoms. The molecule has 0 saturated carbocycles. The summed E-state index contributed by atoms with van der Waals surface area (Å²) in [6.07, 6.45) is 8.66. The van der Waals surface area contributed by atoms with E-state index in [0.717, 1.165) is 12.8 Å². The van der Waals surface area contributed by atoms with E-state index in [1.165, 1.54) is 0 Å². The zero-order valence-electron chi connectivity index (χ0n) is 5.16. The zero-order valence-corrected chi connectivity index (χ0v) is 5.16. The highest BCUT2D eigenvalue weighted by Gasteiger charge is 2.25. The van der Waals surface area contributed by atoms with Gasteiger partial charge in [-0.2, -0.15) is 0 Å². The Morgan fingerprint density at radius 3 is 3.33 bits per heavy atom. The quantitative estimate of drug-likeness (QED) is 0.445. The van der Waals surface area contributed by atoms with Gasteiger partial charge in [-0.3, -0.25) is 0 Å². The molecule has 0 aromatic carbocycles. The number of fused-ring (bicyclic) bond motifs is 1. The Morgan fingerprint density at radius 1 is 1.44 bits per heavy atom. The van der Waals surface area contributed by atoms with Crippen molar-refractivity contribution in [1.29, 1.82) is 0 Å². The van der Waals surface area contributed by atoms with Gasteiger partial charge in [0.2, 0.25) is 0 Å². The van der Waals surface area contributed by atoms with Crippen LogP contribution in [-0.2, 0) is 4.84 Å². The summed E-state index contributed by atoms with van der Waals surface area (Å²) in [6.45, 7) is 0. The normalized spacial score (nSPS) is 38.2. The molecule has 0 spiro atoms. The standard InChI is InChI=1S/C7H9NO/c1-2-6-4-5-8-9-7(6)3-1/h1,3,5-7H,2,4H2/t6-,7-/m0/s1. The lowest BCUT2D eigenvalue weighted by Gasteiger charge is -2.18. The molecular formula is C7H9NO. The summed E-state index contributed by atoms with van der Waals surface area (Å²) < 4.78 is 0. The smallest absolute Gasteiger partial charge is 0.149 e. The zero-order chi connectivity index (χ0) is 6.10. The van der Waals surface area contributed by atoms with Crippen LogP contribution in [0.5, 0.6) is 0 Å². The highest BCUT2D eigenvalue weighted by molar-refractivity contribution is 5.57. The van der Waals surface area contributed by atoms with Gasteiger partial charge in [-0.15, -0.1) is 0 Å². The Hall–Kier alpha value is -0.790. The molecule has 1 aliphatic heterocycles. The Balaban J connectivity index is 2.13. The third kappa shape index (κ3) is 0.745. The second kappa shape index (κ2) is 1.87. The first kappa shape index (κ1) is 5.03. The average molecular weight is 123 g/mol. The molecule has 0 unspecified atom stereocenters. The van der Waals surface area contributed by atoms with E-state index in [-0.39, 0.29) is 6.10 Å². The summed E-state index contributed by atoms with van der Waals surface area (Å²) in [4.78, 5) is 5.08. The molecule has 0 aromatic heterocycles. The van der Waals surface area contributed by atoms with Crippen LogP contribution < -0.4 is 0 Å². The number of hydrogen-bond acceptors (Lipinski definition) is 2. The van der Waals surface area contributed by atoms with Crippen molar-refractivity contribution in [1.82, 2.24) is 0 Å². The highest BCUT2D eigenvalue weighted by Crippen LogP contribution is 2.26. The molecule has 1 aliphatic carbocycles. The first-order chi connectivity index (χ1) is 4.47. The van der Waals surface area contributed by atoms with Crippen LogP contribution in [0, 0.1) is 5.92 Å². The molecule has 48 valence electrons. The summed E-state index contributed by atoms with van der Waals surface area (Å²) in [7, 11) is 0. The number of rotatable bonds is 0. The Bertz CT molecular complexity index is 162. The van der Waals surface area contributed by atoms with Gasteiger partial charge in [0.15, 0.2) is 0 Å². The van der Waals surface area contributed by atoms with Gasteiger partial charge in [0.25, 0.3) is 0 Å². The van der Waals surface area contributed by atoms with Crippen molar-refractivity contribution in [2.24, 2.45) is 11.1 Å². The van der Waals surface area contributed by atoms with Crippen LogP contribution in [-0.4, -0.2) is 12.3 Å². The van der Waals surface area contributed by atoms with Crippen LogP contribution in [0.15, 0.2) is 17.3 Å². The van der Waals surface area contributed by atoms with Gasteiger partial charge in [0.1, 0.15) is 6.10 Å². The minimum atomic E-state index is 0.287. The lowest BCUT2D eigenvalue weighted by Crippen LogP contribution is -2.19. The van der Waals surface area contributed by atoms with Crippen LogP contribution in [0.4, 0.5) is 0 Å². The van der Waals surface area contributed by atoms with Crippen LogP contribution in [0.1, 0.15) is 12.8 Å². The SMILES string of the molecule is C1=C[C@@H]2ON=CC[C@@H]2C1. The molecule has 1 heterocycles. The lowest BCUT2D eigenvalue weighted by atomic mass is 10.0. The fraction of sp³-hybridized carbons (Fsp3) is 0.571. The van der Waals surface area contributed by atoms with E-state index in [0.29, 0.717) is 5.92 Å². The maximum absolute atomic E-state index is 5.08. The molecular weight excluding hydrogens is 114 g/mol. The number of hydrogen-bond donors (Lipinski definition) is 0. The number of allylic oxidation sites excluding steroid dienone is 1. The predicted molar refractivity (Wildman–Crippen MR) is 35.2 cm³/mol. The van der Waals surface area contributed by atoms with Crippen molar-refractivity contribution < 1.29 is 4.84 Å². The van der Waals surface area contributed by atoms with Crippen molar-refractivity contribution >= 4 is 6.21 Å². The maximum atomic E-state index is 5.08. The molecule has 2 nitrogen and oxygen atoms in total. The predicted octanol–water partition coefficient (Wildman–Crippen LogP) is 1.34. The van der Waals surface area contributed by atoms with Gasteiger partial charge in [0, 0.05) is 12.1 Å². The van der Waals surface area contributed by atoms with E-state index in [1.54, 1.807) is 0 Å². The van der Waals surface area contributed by atoms with Crippen LogP contribution in [0.3, 0.4) is 0 Å².